The van der Waals surface area contributed by atoms with Gasteiger partial charge in [-0.1, -0.05) is 12.1 Å². The van der Waals surface area contributed by atoms with Crippen LogP contribution in [0.2, 0.25) is 0 Å². The van der Waals surface area contributed by atoms with Crippen LogP contribution in [0.5, 0.6) is 11.5 Å². The van der Waals surface area contributed by atoms with Gasteiger partial charge in [-0.25, -0.2) is 0 Å². The lowest BCUT2D eigenvalue weighted by Gasteiger charge is -2.08. The van der Waals surface area contributed by atoms with Crippen molar-refractivity contribution in [3.63, 3.8) is 0 Å². The number of hydrogen-bond acceptors (Lipinski definition) is 7. The number of nitro benzene ring substituents is 1. The fourth-order valence-corrected chi connectivity index (χ4v) is 2.02. The molecule has 0 spiro atoms. The van der Waals surface area contributed by atoms with E-state index in [1.54, 1.807) is 32.4 Å². The molecule has 8 heteroatoms. The molecule has 0 bridgehead atoms. The Hall–Kier alpha value is -3.16. The number of nitro groups is 1. The summed E-state index contributed by atoms with van der Waals surface area (Å²) in [6, 6.07) is 10.5. The van der Waals surface area contributed by atoms with E-state index in [0.717, 1.165) is 5.69 Å². The number of benzene rings is 2. The van der Waals surface area contributed by atoms with Crippen LogP contribution < -0.4 is 25.8 Å². The first-order valence-electron chi connectivity index (χ1n) is 7.09. The highest BCUT2D eigenvalue weighted by Crippen LogP contribution is 2.33. The molecule has 0 aromatic heterocycles. The van der Waals surface area contributed by atoms with Crippen molar-refractivity contribution in [2.45, 2.75) is 0 Å². The van der Waals surface area contributed by atoms with E-state index in [1.165, 1.54) is 7.11 Å². The zero-order valence-electron chi connectivity index (χ0n) is 14.1. The molecule has 0 unspecified atom stereocenters. The monoisotopic (exact) mass is 334 g/mol. The Morgan fingerprint density at radius 1 is 0.958 bits per heavy atom. The molecular formula is C16H22N4O4. The van der Waals surface area contributed by atoms with Crippen molar-refractivity contribution in [2.24, 2.45) is 0 Å². The Balaban J connectivity index is 0.000000243. The molecule has 2 aromatic rings. The Labute approximate surface area is 140 Å². The largest absolute Gasteiger partial charge is 0.495 e. The Kier molecular flexibility index (Phi) is 7.15. The Morgan fingerprint density at radius 2 is 1.46 bits per heavy atom. The maximum Gasteiger partial charge on any atom is 0.333 e. The highest BCUT2D eigenvalue weighted by atomic mass is 16.6. The lowest BCUT2D eigenvalue weighted by molar-refractivity contribution is -0.384. The summed E-state index contributed by atoms with van der Waals surface area (Å²) in [5.74, 6) is 0.966. The quantitative estimate of drug-likeness (QED) is 0.438. The van der Waals surface area contributed by atoms with Crippen LogP contribution in [0.1, 0.15) is 0 Å². The summed E-state index contributed by atoms with van der Waals surface area (Å²) in [6.45, 7) is 0. The third kappa shape index (κ3) is 4.42. The fourth-order valence-electron chi connectivity index (χ4n) is 2.02. The molecule has 0 atom stereocenters. The lowest BCUT2D eigenvalue weighted by Crippen LogP contribution is -1.98. The second-order valence-corrected chi connectivity index (χ2v) is 4.54. The number of nitrogens with one attached hydrogen (secondary N) is 2. The molecule has 0 saturated carbocycles. The molecule has 0 radical (unpaired) electrons. The molecule has 8 nitrogen and oxygen atoms in total. The molecule has 0 amide bonds. The van der Waals surface area contributed by atoms with E-state index >= 15 is 0 Å². The predicted octanol–water partition coefficient (Wildman–Crippen LogP) is 2.96. The Morgan fingerprint density at radius 3 is 1.92 bits per heavy atom. The first kappa shape index (κ1) is 18.9. The number of rotatable bonds is 5. The zero-order valence-corrected chi connectivity index (χ0v) is 14.1. The van der Waals surface area contributed by atoms with E-state index in [1.807, 2.05) is 25.2 Å². The minimum atomic E-state index is -0.468. The van der Waals surface area contributed by atoms with Crippen molar-refractivity contribution in [3.05, 3.63) is 46.5 Å². The van der Waals surface area contributed by atoms with Crippen molar-refractivity contribution in [2.75, 3.05) is 44.7 Å². The standard InChI is InChI=1S/C8H10N2O3.C8H12N2O/c1-9-6-4-3-5-7(13-2)8(6)10(11)12;1-10-6-4-3-5-7(11-2)8(6)9/h3-5,9H,1-2H3;3-5,10H,9H2,1-2H3. The van der Waals surface area contributed by atoms with Gasteiger partial charge in [0.2, 0.25) is 0 Å². The van der Waals surface area contributed by atoms with Crippen molar-refractivity contribution < 1.29 is 14.4 Å². The van der Waals surface area contributed by atoms with E-state index < -0.39 is 4.92 Å². The third-order valence-corrected chi connectivity index (χ3v) is 3.23. The van der Waals surface area contributed by atoms with Gasteiger partial charge < -0.3 is 25.8 Å². The second-order valence-electron chi connectivity index (χ2n) is 4.54. The summed E-state index contributed by atoms with van der Waals surface area (Å²) in [7, 11) is 6.46. The van der Waals surface area contributed by atoms with Crippen LogP contribution in [0, 0.1) is 10.1 Å². The van der Waals surface area contributed by atoms with Gasteiger partial charge in [-0.3, -0.25) is 10.1 Å². The maximum atomic E-state index is 10.6. The molecule has 0 aliphatic heterocycles. The van der Waals surface area contributed by atoms with Crippen LogP contribution in [-0.2, 0) is 0 Å². The van der Waals surface area contributed by atoms with Crippen LogP contribution >= 0.6 is 0 Å². The van der Waals surface area contributed by atoms with Crippen LogP contribution in [0.3, 0.4) is 0 Å². The van der Waals surface area contributed by atoms with E-state index in [-0.39, 0.29) is 11.4 Å². The summed E-state index contributed by atoms with van der Waals surface area (Å²) in [6.07, 6.45) is 0. The van der Waals surface area contributed by atoms with Gasteiger partial charge in [-0.05, 0) is 24.3 Å². The average molecular weight is 334 g/mol. The molecule has 2 aromatic carbocycles. The summed E-state index contributed by atoms with van der Waals surface area (Å²) in [5, 5.41) is 16.3. The molecule has 24 heavy (non-hydrogen) atoms. The predicted molar refractivity (Wildman–Crippen MR) is 96.1 cm³/mol. The molecule has 0 aliphatic carbocycles. The van der Waals surface area contributed by atoms with Gasteiger partial charge in [-0.15, -0.1) is 0 Å². The maximum absolute atomic E-state index is 10.6. The minimum absolute atomic E-state index is 0.0347. The molecule has 0 fully saturated rings. The van der Waals surface area contributed by atoms with Gasteiger partial charge in [0.05, 0.1) is 30.5 Å². The number of nitrogen functional groups attached to an aromatic ring is 1. The van der Waals surface area contributed by atoms with Crippen molar-refractivity contribution >= 4 is 22.7 Å². The summed E-state index contributed by atoms with van der Waals surface area (Å²) < 4.78 is 9.89. The fraction of sp³-hybridized carbons (Fsp3) is 0.250. The molecule has 4 N–H and O–H groups in total. The van der Waals surface area contributed by atoms with Gasteiger partial charge in [0, 0.05) is 14.1 Å². The second kappa shape index (κ2) is 9.09. The third-order valence-electron chi connectivity index (χ3n) is 3.23. The summed E-state index contributed by atoms with van der Waals surface area (Å²) in [5.41, 5.74) is 7.67. The number of para-hydroxylation sites is 2. The zero-order chi connectivity index (χ0) is 18.1. The molecule has 130 valence electrons. The van der Waals surface area contributed by atoms with E-state index in [0.29, 0.717) is 17.1 Å². The summed E-state index contributed by atoms with van der Waals surface area (Å²) >= 11 is 0. The van der Waals surface area contributed by atoms with Crippen molar-refractivity contribution in [1.82, 2.24) is 0 Å². The van der Waals surface area contributed by atoms with Crippen LogP contribution in [-0.4, -0.2) is 33.2 Å². The molecule has 0 saturated heterocycles. The Bertz CT molecular complexity index is 647. The topological polar surface area (TPSA) is 112 Å². The van der Waals surface area contributed by atoms with Crippen molar-refractivity contribution in [1.29, 1.82) is 0 Å². The lowest BCUT2D eigenvalue weighted by atomic mass is 10.2. The molecule has 2 rings (SSSR count). The highest BCUT2D eigenvalue weighted by molar-refractivity contribution is 5.72. The first-order valence-corrected chi connectivity index (χ1v) is 7.09. The van der Waals surface area contributed by atoms with Crippen LogP contribution in [0.15, 0.2) is 36.4 Å². The van der Waals surface area contributed by atoms with Gasteiger partial charge >= 0.3 is 5.69 Å². The van der Waals surface area contributed by atoms with Crippen LogP contribution in [0.25, 0.3) is 0 Å². The highest BCUT2D eigenvalue weighted by Gasteiger charge is 2.18. The number of anilines is 3. The number of ether oxygens (including phenoxy) is 2. The number of nitrogens with zero attached hydrogens (tertiary/aromatic N) is 1. The molecular weight excluding hydrogens is 312 g/mol. The normalized spacial score (nSPS) is 9.33. The smallest absolute Gasteiger partial charge is 0.333 e. The van der Waals surface area contributed by atoms with E-state index in [2.05, 4.69) is 10.6 Å². The molecule has 0 heterocycles. The number of hydrogen-bond donors (Lipinski definition) is 3. The average Bonchev–Trinajstić information content (AvgIpc) is 2.61. The van der Waals surface area contributed by atoms with E-state index in [9.17, 15) is 10.1 Å². The van der Waals surface area contributed by atoms with Gasteiger partial charge in [-0.2, -0.15) is 0 Å². The SMILES string of the molecule is CNc1cccc(OC)c1N.CNc1cccc(OC)c1[N+](=O)[O-]. The minimum Gasteiger partial charge on any atom is -0.495 e. The van der Waals surface area contributed by atoms with Gasteiger partial charge in [0.15, 0.2) is 5.75 Å². The van der Waals surface area contributed by atoms with Crippen molar-refractivity contribution in [3.8, 4) is 11.5 Å². The number of nitrogens with two attached hydrogens (primary N) is 1. The van der Waals surface area contributed by atoms with E-state index in [4.69, 9.17) is 15.2 Å². The van der Waals surface area contributed by atoms with Crippen LogP contribution in [0.4, 0.5) is 22.7 Å². The first-order chi connectivity index (χ1) is 11.5. The molecule has 0 aliphatic rings. The summed E-state index contributed by atoms with van der Waals surface area (Å²) in [4.78, 5) is 10.2. The van der Waals surface area contributed by atoms with Gasteiger partial charge in [0.25, 0.3) is 0 Å². The van der Waals surface area contributed by atoms with Gasteiger partial charge in [0.1, 0.15) is 11.4 Å². The number of methoxy groups -OCH3 is 2.